The molecule has 0 aliphatic heterocycles. The number of halogens is 1. The molecule has 0 radical (unpaired) electrons. The number of anilines is 2. The molecule has 2 amide bonds. The van der Waals surface area contributed by atoms with Crippen LogP contribution in [-0.2, 0) is 4.79 Å². The molecule has 3 rings (SSSR count). The van der Waals surface area contributed by atoms with E-state index in [4.69, 9.17) is 25.8 Å². The molecule has 3 aromatic carbocycles. The van der Waals surface area contributed by atoms with Crippen LogP contribution in [0.4, 0.5) is 11.4 Å². The van der Waals surface area contributed by atoms with Gasteiger partial charge in [0.1, 0.15) is 17.2 Å². The molecule has 7 nitrogen and oxygen atoms in total. The van der Waals surface area contributed by atoms with E-state index in [1.54, 1.807) is 67.6 Å². The molecule has 3 aromatic rings. The summed E-state index contributed by atoms with van der Waals surface area (Å²) in [5, 5.41) is 6.08. The molecule has 32 heavy (non-hydrogen) atoms. The standard InChI is InChI=1S/C24H23ClN2O5/c1-15(32-18-11-7-10-17(25)12-18)23(28)26-19-13-22(31-3)20(14-21(19)30-2)27-24(29)16-8-5-4-6-9-16/h4-15H,1-3H3,(H,26,28)(H,27,29). The number of rotatable bonds is 8. The van der Waals surface area contributed by atoms with Gasteiger partial charge in [-0.3, -0.25) is 9.59 Å². The Balaban J connectivity index is 1.77. The van der Waals surface area contributed by atoms with Crippen molar-refractivity contribution in [3.05, 3.63) is 77.3 Å². The Labute approximate surface area is 191 Å². The Kier molecular flexibility index (Phi) is 7.57. The van der Waals surface area contributed by atoms with Gasteiger partial charge in [-0.05, 0) is 37.3 Å². The minimum atomic E-state index is -0.804. The summed E-state index contributed by atoms with van der Waals surface area (Å²) in [6.45, 7) is 1.62. The normalized spacial score (nSPS) is 11.2. The van der Waals surface area contributed by atoms with E-state index < -0.39 is 12.0 Å². The van der Waals surface area contributed by atoms with Crippen molar-refractivity contribution in [1.82, 2.24) is 0 Å². The van der Waals surface area contributed by atoms with Gasteiger partial charge < -0.3 is 24.8 Å². The number of hydrogen-bond acceptors (Lipinski definition) is 5. The van der Waals surface area contributed by atoms with E-state index in [1.807, 2.05) is 6.07 Å². The molecule has 0 aliphatic carbocycles. The van der Waals surface area contributed by atoms with Crippen molar-refractivity contribution in [2.24, 2.45) is 0 Å². The van der Waals surface area contributed by atoms with Crippen LogP contribution in [0.25, 0.3) is 0 Å². The fraction of sp³-hybridized carbons (Fsp3) is 0.167. The smallest absolute Gasteiger partial charge is 0.265 e. The monoisotopic (exact) mass is 454 g/mol. The van der Waals surface area contributed by atoms with Crippen LogP contribution < -0.4 is 24.8 Å². The summed E-state index contributed by atoms with van der Waals surface area (Å²) in [5.41, 5.74) is 1.27. The van der Waals surface area contributed by atoms with Crippen molar-refractivity contribution in [2.45, 2.75) is 13.0 Å². The Bertz CT molecular complexity index is 1100. The van der Waals surface area contributed by atoms with Crippen molar-refractivity contribution in [1.29, 1.82) is 0 Å². The van der Waals surface area contributed by atoms with Crippen LogP contribution in [-0.4, -0.2) is 32.1 Å². The molecule has 0 bridgehead atoms. The average molecular weight is 455 g/mol. The number of carbonyl (C=O) groups excluding carboxylic acids is 2. The van der Waals surface area contributed by atoms with E-state index >= 15 is 0 Å². The summed E-state index contributed by atoms with van der Waals surface area (Å²) in [4.78, 5) is 25.2. The summed E-state index contributed by atoms with van der Waals surface area (Å²) in [6, 6.07) is 18.7. The third kappa shape index (κ3) is 5.70. The molecule has 1 atom stereocenters. The summed E-state index contributed by atoms with van der Waals surface area (Å²) in [6.07, 6.45) is -0.804. The molecule has 8 heteroatoms. The van der Waals surface area contributed by atoms with Crippen LogP contribution in [0.3, 0.4) is 0 Å². The van der Waals surface area contributed by atoms with Crippen LogP contribution >= 0.6 is 11.6 Å². The molecule has 0 saturated carbocycles. The molecule has 0 aliphatic rings. The number of nitrogens with one attached hydrogen (secondary N) is 2. The molecule has 2 N–H and O–H groups in total. The van der Waals surface area contributed by atoms with E-state index in [9.17, 15) is 9.59 Å². The van der Waals surface area contributed by atoms with Gasteiger partial charge in [-0.1, -0.05) is 35.9 Å². The van der Waals surface area contributed by atoms with Crippen molar-refractivity contribution < 1.29 is 23.8 Å². The SMILES string of the molecule is COc1cc(NC(=O)C(C)Oc2cccc(Cl)c2)c(OC)cc1NC(=O)c1ccccc1. The lowest BCUT2D eigenvalue weighted by molar-refractivity contribution is -0.122. The van der Waals surface area contributed by atoms with Crippen molar-refractivity contribution in [3.8, 4) is 17.2 Å². The van der Waals surface area contributed by atoms with E-state index in [1.165, 1.54) is 14.2 Å². The molecule has 0 saturated heterocycles. The summed E-state index contributed by atoms with van der Waals surface area (Å²) in [5.74, 6) is 0.479. The third-order valence-electron chi connectivity index (χ3n) is 4.54. The third-order valence-corrected chi connectivity index (χ3v) is 4.78. The Morgan fingerprint density at radius 1 is 0.844 bits per heavy atom. The quantitative estimate of drug-likeness (QED) is 0.499. The molecule has 1 unspecified atom stereocenters. The maximum atomic E-state index is 12.7. The first-order valence-electron chi connectivity index (χ1n) is 9.76. The summed E-state index contributed by atoms with van der Waals surface area (Å²) >= 11 is 5.96. The summed E-state index contributed by atoms with van der Waals surface area (Å²) in [7, 11) is 2.93. The first-order chi connectivity index (χ1) is 15.4. The zero-order chi connectivity index (χ0) is 23.1. The van der Waals surface area contributed by atoms with Gasteiger partial charge >= 0.3 is 0 Å². The molecular weight excluding hydrogens is 432 g/mol. The fourth-order valence-electron chi connectivity index (χ4n) is 2.91. The number of benzene rings is 3. The molecule has 166 valence electrons. The Morgan fingerprint density at radius 2 is 1.47 bits per heavy atom. The lowest BCUT2D eigenvalue weighted by atomic mass is 10.2. The van der Waals surface area contributed by atoms with Gasteiger partial charge in [0.2, 0.25) is 0 Å². The first-order valence-corrected chi connectivity index (χ1v) is 10.1. The maximum absolute atomic E-state index is 12.7. The van der Waals surface area contributed by atoms with Crippen LogP contribution in [0.1, 0.15) is 17.3 Å². The van der Waals surface area contributed by atoms with E-state index in [0.29, 0.717) is 39.2 Å². The number of methoxy groups -OCH3 is 2. The van der Waals surface area contributed by atoms with Crippen molar-refractivity contribution >= 4 is 34.8 Å². The van der Waals surface area contributed by atoms with Crippen molar-refractivity contribution in [3.63, 3.8) is 0 Å². The first kappa shape index (κ1) is 23.0. The second-order valence-electron chi connectivity index (χ2n) is 6.78. The van der Waals surface area contributed by atoms with E-state index in [0.717, 1.165) is 0 Å². The zero-order valence-electron chi connectivity index (χ0n) is 17.8. The van der Waals surface area contributed by atoms with Crippen LogP contribution in [0.2, 0.25) is 5.02 Å². The second-order valence-corrected chi connectivity index (χ2v) is 7.22. The maximum Gasteiger partial charge on any atom is 0.265 e. The van der Waals surface area contributed by atoms with Gasteiger partial charge in [-0.15, -0.1) is 0 Å². The predicted octanol–water partition coefficient (Wildman–Crippen LogP) is 5.02. The van der Waals surface area contributed by atoms with Crippen molar-refractivity contribution in [2.75, 3.05) is 24.9 Å². The largest absolute Gasteiger partial charge is 0.494 e. The average Bonchev–Trinajstić information content (AvgIpc) is 2.80. The van der Waals surface area contributed by atoms with Gasteiger partial charge in [0, 0.05) is 22.7 Å². The van der Waals surface area contributed by atoms with Gasteiger partial charge in [0.25, 0.3) is 11.8 Å². The van der Waals surface area contributed by atoms with Crippen LogP contribution in [0, 0.1) is 0 Å². The molecular formula is C24H23ClN2O5. The highest BCUT2D eigenvalue weighted by Gasteiger charge is 2.20. The van der Waals surface area contributed by atoms with Gasteiger partial charge in [-0.2, -0.15) is 0 Å². The van der Waals surface area contributed by atoms with Gasteiger partial charge in [0.05, 0.1) is 25.6 Å². The van der Waals surface area contributed by atoms with E-state index in [2.05, 4.69) is 10.6 Å². The van der Waals surface area contributed by atoms with Crippen LogP contribution in [0.5, 0.6) is 17.2 Å². The Hall–Kier alpha value is -3.71. The van der Waals surface area contributed by atoms with Gasteiger partial charge in [0.15, 0.2) is 6.10 Å². The fourth-order valence-corrected chi connectivity index (χ4v) is 3.09. The number of ether oxygens (including phenoxy) is 3. The zero-order valence-corrected chi connectivity index (χ0v) is 18.6. The Morgan fingerprint density at radius 3 is 2.06 bits per heavy atom. The number of carbonyl (C=O) groups is 2. The number of amides is 2. The minimum absolute atomic E-state index is 0.300. The molecule has 0 aromatic heterocycles. The second kappa shape index (κ2) is 10.5. The van der Waals surface area contributed by atoms with Gasteiger partial charge in [-0.25, -0.2) is 0 Å². The highest BCUT2D eigenvalue weighted by molar-refractivity contribution is 6.30. The van der Waals surface area contributed by atoms with E-state index in [-0.39, 0.29) is 5.91 Å². The highest BCUT2D eigenvalue weighted by Crippen LogP contribution is 2.37. The summed E-state index contributed by atoms with van der Waals surface area (Å²) < 4.78 is 16.5. The molecule has 0 fully saturated rings. The van der Waals surface area contributed by atoms with Crippen LogP contribution in [0.15, 0.2) is 66.7 Å². The predicted molar refractivity (Wildman–Crippen MR) is 124 cm³/mol. The lowest BCUT2D eigenvalue weighted by Gasteiger charge is -2.18. The lowest BCUT2D eigenvalue weighted by Crippen LogP contribution is -2.30. The topological polar surface area (TPSA) is 85.9 Å². The highest BCUT2D eigenvalue weighted by atomic mass is 35.5. The molecule has 0 spiro atoms. The molecule has 0 heterocycles. The minimum Gasteiger partial charge on any atom is -0.494 e. The number of hydrogen-bond donors (Lipinski definition) is 2.